The Labute approximate surface area is 167 Å². The largest absolute Gasteiger partial charge is 0.336 e. The maximum absolute atomic E-state index is 13.1. The lowest BCUT2D eigenvalue weighted by atomic mass is 10.1. The van der Waals surface area contributed by atoms with E-state index >= 15 is 0 Å². The van der Waals surface area contributed by atoms with Crippen LogP contribution in [0.15, 0.2) is 35.8 Å². The molecule has 144 valence electrons. The van der Waals surface area contributed by atoms with E-state index in [4.69, 9.17) is 4.98 Å². The average molecular weight is 394 g/mol. The predicted molar refractivity (Wildman–Crippen MR) is 112 cm³/mol. The van der Waals surface area contributed by atoms with E-state index in [0.717, 1.165) is 39.6 Å². The van der Waals surface area contributed by atoms with Crippen LogP contribution in [0.25, 0.3) is 16.2 Å². The number of aromatic amines is 1. The first kappa shape index (κ1) is 18.4. The van der Waals surface area contributed by atoms with Crippen LogP contribution in [-0.4, -0.2) is 37.4 Å². The molecule has 1 N–H and O–H groups in total. The molecule has 0 fully saturated rings. The van der Waals surface area contributed by atoms with E-state index in [1.807, 2.05) is 36.9 Å². The zero-order chi connectivity index (χ0) is 19.8. The van der Waals surface area contributed by atoms with E-state index in [2.05, 4.69) is 41.4 Å². The van der Waals surface area contributed by atoms with Crippen molar-refractivity contribution in [3.05, 3.63) is 64.1 Å². The van der Waals surface area contributed by atoms with E-state index in [0.29, 0.717) is 12.2 Å². The van der Waals surface area contributed by atoms with Gasteiger partial charge in [-0.3, -0.25) is 14.3 Å². The van der Waals surface area contributed by atoms with Gasteiger partial charge in [-0.15, -0.1) is 11.3 Å². The number of nitrogens with one attached hydrogen (secondary N) is 1. The van der Waals surface area contributed by atoms with E-state index in [1.165, 1.54) is 16.9 Å². The standard InChI is InChI=1S/C21H23N5OS/c1-5-15-6-8-16(9-7-15)18-11-26-19(12-28-21(26)22-18)20(27)25(4)10-17-13(2)23-24-14(17)3/h6-9,11-12H,5,10H2,1-4H3,(H,23,24). The molecule has 0 unspecified atom stereocenters. The normalized spacial score (nSPS) is 11.3. The number of imidazole rings is 1. The molecule has 0 aliphatic carbocycles. The van der Waals surface area contributed by atoms with Gasteiger partial charge in [0.05, 0.1) is 11.4 Å². The van der Waals surface area contributed by atoms with Crippen molar-refractivity contribution in [2.24, 2.45) is 0 Å². The lowest BCUT2D eigenvalue weighted by Gasteiger charge is -2.16. The highest BCUT2D eigenvalue weighted by atomic mass is 32.1. The van der Waals surface area contributed by atoms with E-state index in [1.54, 1.807) is 4.90 Å². The van der Waals surface area contributed by atoms with Crippen LogP contribution in [-0.2, 0) is 13.0 Å². The average Bonchev–Trinajstić information content (AvgIpc) is 3.38. The van der Waals surface area contributed by atoms with Crippen LogP contribution in [0.2, 0.25) is 0 Å². The number of thiazole rings is 1. The molecule has 6 nitrogen and oxygen atoms in total. The second-order valence-corrected chi connectivity index (χ2v) is 7.86. The summed E-state index contributed by atoms with van der Waals surface area (Å²) < 4.78 is 1.89. The minimum atomic E-state index is -0.0310. The predicted octanol–water partition coefficient (Wildman–Crippen LogP) is 4.24. The monoisotopic (exact) mass is 393 g/mol. The van der Waals surface area contributed by atoms with Gasteiger partial charge in [0.2, 0.25) is 0 Å². The van der Waals surface area contributed by atoms with Gasteiger partial charge >= 0.3 is 0 Å². The zero-order valence-corrected chi connectivity index (χ0v) is 17.3. The minimum absolute atomic E-state index is 0.0310. The summed E-state index contributed by atoms with van der Waals surface area (Å²) in [6.45, 7) is 6.58. The zero-order valence-electron chi connectivity index (χ0n) is 16.5. The van der Waals surface area contributed by atoms with E-state index in [9.17, 15) is 4.79 Å². The van der Waals surface area contributed by atoms with Gasteiger partial charge in [-0.05, 0) is 25.8 Å². The molecule has 7 heteroatoms. The fourth-order valence-electron chi connectivity index (χ4n) is 3.30. The summed E-state index contributed by atoms with van der Waals surface area (Å²) in [5.41, 5.74) is 6.85. The van der Waals surface area contributed by atoms with Crippen LogP contribution in [0.4, 0.5) is 0 Å². The summed E-state index contributed by atoms with van der Waals surface area (Å²) in [6.07, 6.45) is 2.96. The van der Waals surface area contributed by atoms with Gasteiger partial charge in [0.25, 0.3) is 5.91 Å². The number of H-pyrrole nitrogens is 1. The number of aryl methyl sites for hydroxylation is 3. The van der Waals surface area contributed by atoms with Crippen LogP contribution >= 0.6 is 11.3 Å². The summed E-state index contributed by atoms with van der Waals surface area (Å²) in [5, 5.41) is 9.06. The Morgan fingerprint density at radius 2 is 2.00 bits per heavy atom. The topological polar surface area (TPSA) is 66.3 Å². The number of nitrogens with zero attached hydrogens (tertiary/aromatic N) is 4. The smallest absolute Gasteiger partial charge is 0.271 e. The lowest BCUT2D eigenvalue weighted by molar-refractivity contribution is 0.0778. The van der Waals surface area contributed by atoms with Crippen molar-refractivity contribution in [1.29, 1.82) is 0 Å². The Morgan fingerprint density at radius 1 is 1.25 bits per heavy atom. The number of benzene rings is 1. The molecule has 4 rings (SSSR count). The summed E-state index contributed by atoms with van der Waals surface area (Å²) >= 11 is 1.48. The molecular weight excluding hydrogens is 370 g/mol. The number of amides is 1. The second kappa shape index (κ2) is 7.24. The van der Waals surface area contributed by atoms with Gasteiger partial charge in [-0.25, -0.2) is 4.98 Å². The number of carbonyl (C=O) groups is 1. The molecule has 1 amide bonds. The maximum atomic E-state index is 13.1. The first-order valence-corrected chi connectivity index (χ1v) is 10.2. The van der Waals surface area contributed by atoms with Crippen LogP contribution in [0.1, 0.15) is 39.9 Å². The minimum Gasteiger partial charge on any atom is -0.336 e. The van der Waals surface area contributed by atoms with Gasteiger partial charge in [-0.1, -0.05) is 31.2 Å². The van der Waals surface area contributed by atoms with Crippen LogP contribution in [0.3, 0.4) is 0 Å². The van der Waals surface area contributed by atoms with Gasteiger partial charge in [0.15, 0.2) is 4.96 Å². The number of aromatic nitrogens is 4. The summed E-state index contributed by atoms with van der Waals surface area (Å²) in [5.74, 6) is -0.0310. The number of rotatable bonds is 5. The molecule has 0 atom stereocenters. The second-order valence-electron chi connectivity index (χ2n) is 7.02. The number of hydrogen-bond donors (Lipinski definition) is 1. The molecule has 4 aromatic rings. The molecule has 0 radical (unpaired) electrons. The third-order valence-corrected chi connectivity index (χ3v) is 5.95. The summed E-state index contributed by atoms with van der Waals surface area (Å²) in [6, 6.07) is 8.42. The van der Waals surface area contributed by atoms with E-state index < -0.39 is 0 Å². The van der Waals surface area contributed by atoms with Gasteiger partial charge < -0.3 is 4.90 Å². The molecule has 0 aliphatic heterocycles. The highest BCUT2D eigenvalue weighted by molar-refractivity contribution is 7.15. The van der Waals surface area contributed by atoms with Gasteiger partial charge in [0, 0.05) is 42.0 Å². The van der Waals surface area contributed by atoms with Crippen molar-refractivity contribution in [3.8, 4) is 11.3 Å². The number of carbonyl (C=O) groups excluding carboxylic acids is 1. The Kier molecular flexibility index (Phi) is 4.77. The van der Waals surface area contributed by atoms with Crippen LogP contribution < -0.4 is 0 Å². The fraction of sp³-hybridized carbons (Fsp3) is 0.286. The van der Waals surface area contributed by atoms with Crippen molar-refractivity contribution in [1.82, 2.24) is 24.5 Å². The van der Waals surface area contributed by atoms with Crippen molar-refractivity contribution in [2.75, 3.05) is 7.05 Å². The molecule has 3 aromatic heterocycles. The number of hydrogen-bond acceptors (Lipinski definition) is 4. The third-order valence-electron chi connectivity index (χ3n) is 5.11. The number of fused-ring (bicyclic) bond motifs is 1. The highest BCUT2D eigenvalue weighted by Gasteiger charge is 2.20. The molecule has 0 bridgehead atoms. The molecule has 0 saturated heterocycles. The maximum Gasteiger partial charge on any atom is 0.271 e. The van der Waals surface area contributed by atoms with Crippen LogP contribution in [0.5, 0.6) is 0 Å². The molecule has 0 spiro atoms. The first-order valence-electron chi connectivity index (χ1n) is 9.29. The Bertz CT molecular complexity index is 1120. The van der Waals surface area contributed by atoms with E-state index in [-0.39, 0.29) is 5.91 Å². The molecule has 1 aromatic carbocycles. The van der Waals surface area contributed by atoms with Crippen molar-refractivity contribution in [3.63, 3.8) is 0 Å². The van der Waals surface area contributed by atoms with Crippen molar-refractivity contribution in [2.45, 2.75) is 33.7 Å². The molecular formula is C21H23N5OS. The first-order chi connectivity index (χ1) is 13.5. The van der Waals surface area contributed by atoms with Crippen molar-refractivity contribution >= 4 is 22.2 Å². The Balaban J connectivity index is 1.61. The summed E-state index contributed by atoms with van der Waals surface area (Å²) in [7, 11) is 1.82. The lowest BCUT2D eigenvalue weighted by Crippen LogP contribution is -2.27. The van der Waals surface area contributed by atoms with Crippen molar-refractivity contribution < 1.29 is 4.79 Å². The molecule has 0 saturated carbocycles. The van der Waals surface area contributed by atoms with Crippen LogP contribution in [0, 0.1) is 13.8 Å². The molecule has 3 heterocycles. The van der Waals surface area contributed by atoms with Gasteiger partial charge in [0.1, 0.15) is 5.69 Å². The quantitative estimate of drug-likeness (QED) is 0.552. The SMILES string of the molecule is CCc1ccc(-c2cn3c(C(=O)N(C)Cc4c(C)n[nH]c4C)csc3n2)cc1. The fourth-order valence-corrected chi connectivity index (χ4v) is 4.15. The Hall–Kier alpha value is -2.93. The molecule has 28 heavy (non-hydrogen) atoms. The Morgan fingerprint density at radius 3 is 2.64 bits per heavy atom. The highest BCUT2D eigenvalue weighted by Crippen LogP contribution is 2.25. The molecule has 0 aliphatic rings. The summed E-state index contributed by atoms with van der Waals surface area (Å²) in [4.78, 5) is 20.3. The third kappa shape index (κ3) is 3.22. The van der Waals surface area contributed by atoms with Gasteiger partial charge in [-0.2, -0.15) is 5.10 Å².